The number of piperazine rings is 1. The van der Waals surface area contributed by atoms with Gasteiger partial charge in [0, 0.05) is 31.2 Å². The predicted octanol–water partition coefficient (Wildman–Crippen LogP) is 3.96. The molecule has 188 valence electrons. The van der Waals surface area contributed by atoms with Crippen molar-refractivity contribution in [2.75, 3.05) is 19.6 Å². The molecule has 36 heavy (non-hydrogen) atoms. The summed E-state index contributed by atoms with van der Waals surface area (Å²) in [5.41, 5.74) is 3.30. The molecule has 1 saturated heterocycles. The van der Waals surface area contributed by atoms with Crippen LogP contribution in [0.2, 0.25) is 0 Å². The van der Waals surface area contributed by atoms with E-state index in [0.717, 1.165) is 56.5 Å². The maximum atomic E-state index is 14.1. The molecule has 2 amide bonds. The quantitative estimate of drug-likeness (QED) is 0.489. The van der Waals surface area contributed by atoms with Gasteiger partial charge in [-0.1, -0.05) is 73.5 Å². The highest BCUT2D eigenvalue weighted by Crippen LogP contribution is 2.35. The molecule has 2 fully saturated rings. The van der Waals surface area contributed by atoms with Gasteiger partial charge >= 0.3 is 6.09 Å². The van der Waals surface area contributed by atoms with Gasteiger partial charge < -0.3 is 25.2 Å². The second-order valence-electron chi connectivity index (χ2n) is 9.67. The lowest BCUT2D eigenvalue weighted by Crippen LogP contribution is -2.54. The Morgan fingerprint density at radius 3 is 2.50 bits per heavy atom. The van der Waals surface area contributed by atoms with Crippen LogP contribution in [0.3, 0.4) is 0 Å². The average Bonchev–Trinajstić information content (AvgIpc) is 3.35. The molecule has 2 aromatic carbocycles. The highest BCUT2D eigenvalue weighted by atomic mass is 16.4. The van der Waals surface area contributed by atoms with E-state index in [1.807, 2.05) is 58.0 Å². The third-order valence-corrected chi connectivity index (χ3v) is 7.36. The Bertz CT molecular complexity index is 1180. The number of carbonyl (C=O) groups is 2. The molecule has 8 heteroatoms. The number of nitrogens with zero attached hydrogens (tertiary/aromatic N) is 3. The van der Waals surface area contributed by atoms with Gasteiger partial charge in [0.15, 0.2) is 5.69 Å². The maximum absolute atomic E-state index is 14.1. The number of carbonyl (C=O) groups excluding carboxylic acids is 1. The first-order chi connectivity index (χ1) is 17.6. The minimum atomic E-state index is -1.02. The Labute approximate surface area is 211 Å². The van der Waals surface area contributed by atoms with E-state index >= 15 is 0 Å². The van der Waals surface area contributed by atoms with Crippen molar-refractivity contribution in [3.63, 3.8) is 0 Å². The standard InChI is InChI=1S/C28H33N5O3/c34-27(32-16-15-29-18-22(32)17-20-9-3-1-4-10-20)25-26(21-11-5-2-6-12-21)33(19-30-25)24-14-8-7-13-23(24)31-28(35)36/h1-6,9-12,19,22-24,29,31H,7-8,13-18H2,(H,35,36)/t22-,23+,24+/m1/s1. The molecule has 1 aliphatic heterocycles. The van der Waals surface area contributed by atoms with Gasteiger partial charge in [-0.05, 0) is 24.8 Å². The van der Waals surface area contributed by atoms with Crippen LogP contribution in [-0.2, 0) is 6.42 Å². The molecule has 0 bridgehead atoms. The van der Waals surface area contributed by atoms with Crippen LogP contribution in [0, 0.1) is 0 Å². The molecule has 3 N–H and O–H groups in total. The van der Waals surface area contributed by atoms with Gasteiger partial charge in [0.05, 0.1) is 24.1 Å². The SMILES string of the molecule is O=C(O)N[C@H]1CCCC[C@@H]1n1cnc(C(=O)N2CCNC[C@H]2Cc2ccccc2)c1-c1ccccc1. The van der Waals surface area contributed by atoms with Crippen LogP contribution in [0.1, 0.15) is 47.8 Å². The van der Waals surface area contributed by atoms with Crippen molar-refractivity contribution in [3.05, 3.63) is 78.2 Å². The zero-order valence-electron chi connectivity index (χ0n) is 20.3. The van der Waals surface area contributed by atoms with Crippen molar-refractivity contribution < 1.29 is 14.7 Å². The molecule has 8 nitrogen and oxygen atoms in total. The fraction of sp³-hybridized carbons (Fsp3) is 0.393. The molecule has 0 spiro atoms. The van der Waals surface area contributed by atoms with Gasteiger partial charge in [0.1, 0.15) is 0 Å². The smallest absolute Gasteiger partial charge is 0.404 e. The number of carboxylic acid groups (broad SMARTS) is 1. The first-order valence-corrected chi connectivity index (χ1v) is 12.8. The van der Waals surface area contributed by atoms with Gasteiger partial charge in [-0.2, -0.15) is 0 Å². The highest BCUT2D eigenvalue weighted by molar-refractivity contribution is 5.98. The first kappa shape index (κ1) is 24.1. The van der Waals surface area contributed by atoms with Crippen LogP contribution in [0.4, 0.5) is 4.79 Å². The molecule has 1 saturated carbocycles. The van der Waals surface area contributed by atoms with E-state index in [1.165, 1.54) is 5.56 Å². The summed E-state index contributed by atoms with van der Waals surface area (Å²) in [6, 6.07) is 19.8. The molecular formula is C28H33N5O3. The van der Waals surface area contributed by atoms with Crippen molar-refractivity contribution in [1.29, 1.82) is 0 Å². The van der Waals surface area contributed by atoms with Gasteiger partial charge in [-0.15, -0.1) is 0 Å². The third-order valence-electron chi connectivity index (χ3n) is 7.36. The summed E-state index contributed by atoms with van der Waals surface area (Å²) in [4.78, 5) is 32.2. The molecule has 1 aliphatic carbocycles. The molecule has 2 aliphatic rings. The third kappa shape index (κ3) is 5.14. The zero-order valence-corrected chi connectivity index (χ0v) is 20.3. The fourth-order valence-electron chi connectivity index (χ4n) is 5.65. The van der Waals surface area contributed by atoms with E-state index in [1.54, 1.807) is 6.33 Å². The largest absolute Gasteiger partial charge is 0.465 e. The van der Waals surface area contributed by atoms with E-state index in [0.29, 0.717) is 12.2 Å². The molecule has 1 aromatic heterocycles. The zero-order chi connectivity index (χ0) is 24.9. The molecule has 5 rings (SSSR count). The fourth-order valence-corrected chi connectivity index (χ4v) is 5.65. The lowest BCUT2D eigenvalue weighted by Gasteiger charge is -2.36. The predicted molar refractivity (Wildman–Crippen MR) is 138 cm³/mol. The summed E-state index contributed by atoms with van der Waals surface area (Å²) in [6.07, 6.45) is 5.07. The van der Waals surface area contributed by atoms with E-state index < -0.39 is 6.09 Å². The Morgan fingerprint density at radius 2 is 1.75 bits per heavy atom. The number of hydrogen-bond acceptors (Lipinski definition) is 4. The topological polar surface area (TPSA) is 99.5 Å². The summed E-state index contributed by atoms with van der Waals surface area (Å²) in [6.45, 7) is 2.09. The molecular weight excluding hydrogens is 454 g/mol. The van der Waals surface area contributed by atoms with Crippen molar-refractivity contribution in [3.8, 4) is 11.3 Å². The normalized spacial score (nSPS) is 22.2. The van der Waals surface area contributed by atoms with Gasteiger partial charge in [-0.3, -0.25) is 4.79 Å². The van der Waals surface area contributed by atoms with Crippen LogP contribution in [0.5, 0.6) is 0 Å². The van der Waals surface area contributed by atoms with E-state index in [4.69, 9.17) is 0 Å². The highest BCUT2D eigenvalue weighted by Gasteiger charge is 2.35. The number of hydrogen-bond donors (Lipinski definition) is 3. The molecule has 0 radical (unpaired) electrons. The molecule has 2 heterocycles. The number of benzene rings is 2. The minimum Gasteiger partial charge on any atom is -0.465 e. The molecule has 0 unspecified atom stereocenters. The molecule has 3 aromatic rings. The van der Waals surface area contributed by atoms with Gasteiger partial charge in [0.25, 0.3) is 5.91 Å². The summed E-state index contributed by atoms with van der Waals surface area (Å²) >= 11 is 0. The van der Waals surface area contributed by atoms with Gasteiger partial charge in [0.2, 0.25) is 0 Å². The Morgan fingerprint density at radius 1 is 1.03 bits per heavy atom. The van der Waals surface area contributed by atoms with E-state index in [2.05, 4.69) is 27.8 Å². The van der Waals surface area contributed by atoms with Crippen LogP contribution >= 0.6 is 0 Å². The van der Waals surface area contributed by atoms with E-state index in [-0.39, 0.29) is 24.0 Å². The monoisotopic (exact) mass is 487 g/mol. The van der Waals surface area contributed by atoms with Crippen molar-refractivity contribution in [2.45, 2.75) is 50.2 Å². The second-order valence-corrected chi connectivity index (χ2v) is 9.67. The van der Waals surface area contributed by atoms with Crippen LogP contribution in [0.15, 0.2) is 67.0 Å². The lowest BCUT2D eigenvalue weighted by molar-refractivity contribution is 0.0631. The number of aromatic nitrogens is 2. The van der Waals surface area contributed by atoms with Gasteiger partial charge in [-0.25, -0.2) is 9.78 Å². The Hall–Kier alpha value is -3.65. The lowest BCUT2D eigenvalue weighted by atomic mass is 9.89. The first-order valence-electron chi connectivity index (χ1n) is 12.8. The minimum absolute atomic E-state index is 0.0264. The Balaban J connectivity index is 1.51. The van der Waals surface area contributed by atoms with Crippen LogP contribution in [-0.4, -0.2) is 63.3 Å². The van der Waals surface area contributed by atoms with Crippen LogP contribution in [0.25, 0.3) is 11.3 Å². The maximum Gasteiger partial charge on any atom is 0.404 e. The number of imidazole rings is 1. The summed E-state index contributed by atoms with van der Waals surface area (Å²) in [7, 11) is 0. The molecule has 3 atom stereocenters. The van der Waals surface area contributed by atoms with Crippen molar-refractivity contribution in [1.82, 2.24) is 25.1 Å². The number of rotatable bonds is 6. The average molecular weight is 488 g/mol. The summed E-state index contributed by atoms with van der Waals surface area (Å²) in [5.74, 6) is -0.0754. The second kappa shape index (κ2) is 11.0. The Kier molecular flexibility index (Phi) is 7.32. The van der Waals surface area contributed by atoms with E-state index in [9.17, 15) is 14.7 Å². The number of nitrogens with one attached hydrogen (secondary N) is 2. The van der Waals surface area contributed by atoms with Crippen molar-refractivity contribution >= 4 is 12.0 Å². The van der Waals surface area contributed by atoms with Crippen molar-refractivity contribution in [2.24, 2.45) is 0 Å². The summed E-state index contributed by atoms with van der Waals surface area (Å²) < 4.78 is 2.04. The van der Waals surface area contributed by atoms with Crippen LogP contribution < -0.4 is 10.6 Å². The summed E-state index contributed by atoms with van der Waals surface area (Å²) in [5, 5.41) is 15.6. The number of amides is 2.